The number of rotatable bonds is 12. The first-order chi connectivity index (χ1) is 19.8. The van der Waals surface area contributed by atoms with Crippen LogP contribution in [0.2, 0.25) is 0 Å². The van der Waals surface area contributed by atoms with Crippen molar-refractivity contribution < 1.29 is 27.4 Å². The highest BCUT2D eigenvalue weighted by molar-refractivity contribution is 7.89. The zero-order chi connectivity index (χ0) is 28.8. The summed E-state index contributed by atoms with van der Waals surface area (Å²) >= 11 is 1.45. The molecule has 2 aliphatic heterocycles. The molecule has 1 aromatic heterocycles. The first-order valence-electron chi connectivity index (χ1n) is 14.2. The van der Waals surface area contributed by atoms with Crippen molar-refractivity contribution in [2.75, 3.05) is 71.1 Å². The fraction of sp³-hybridized carbons (Fsp3) is 0.517. The van der Waals surface area contributed by atoms with Gasteiger partial charge in [0.25, 0.3) is 5.91 Å². The molecule has 41 heavy (non-hydrogen) atoms. The van der Waals surface area contributed by atoms with Crippen LogP contribution in [0.1, 0.15) is 36.5 Å². The van der Waals surface area contributed by atoms with Crippen LogP contribution in [0, 0.1) is 0 Å². The molecule has 5 rings (SSSR count). The SMILES string of the molecule is CCOc1ccc2nc(N(CCCN3CCOCC3)C(=O)c3ccc(S(=O)(=O)N(C)CC4CCCO4)cc3)sc2c1. The van der Waals surface area contributed by atoms with Gasteiger partial charge in [-0.15, -0.1) is 0 Å². The van der Waals surface area contributed by atoms with E-state index in [1.165, 1.54) is 27.8 Å². The highest BCUT2D eigenvalue weighted by Crippen LogP contribution is 2.32. The summed E-state index contributed by atoms with van der Waals surface area (Å²) in [7, 11) is -2.14. The van der Waals surface area contributed by atoms with Crippen LogP contribution in [-0.4, -0.2) is 101 Å². The van der Waals surface area contributed by atoms with E-state index < -0.39 is 10.0 Å². The molecule has 0 saturated carbocycles. The van der Waals surface area contributed by atoms with Gasteiger partial charge in [-0.1, -0.05) is 11.3 Å². The Balaban J connectivity index is 1.35. The first kappa shape index (κ1) is 29.9. The van der Waals surface area contributed by atoms with Gasteiger partial charge in [-0.25, -0.2) is 13.4 Å². The van der Waals surface area contributed by atoms with Crippen LogP contribution < -0.4 is 9.64 Å². The summed E-state index contributed by atoms with van der Waals surface area (Å²) in [5.74, 6) is 0.550. The van der Waals surface area contributed by atoms with Gasteiger partial charge < -0.3 is 14.2 Å². The third-order valence-electron chi connectivity index (χ3n) is 7.39. The standard InChI is InChI=1S/C29H38N4O6S2/c1-3-38-23-9-12-26-27(20-23)40-29(30-26)33(14-5-13-32-15-18-37-19-16-32)28(34)22-7-10-25(11-8-22)41(35,36)31(2)21-24-6-4-17-39-24/h7-12,20,24H,3-6,13-19,21H2,1-2H3. The Morgan fingerprint density at radius 1 is 1.15 bits per heavy atom. The molecule has 0 radical (unpaired) electrons. The molecule has 3 aromatic rings. The lowest BCUT2D eigenvalue weighted by Gasteiger charge is -2.27. The normalized spacial score (nSPS) is 18.3. The van der Waals surface area contributed by atoms with Gasteiger partial charge in [0.2, 0.25) is 10.0 Å². The van der Waals surface area contributed by atoms with E-state index in [2.05, 4.69) is 4.90 Å². The molecule has 0 N–H and O–H groups in total. The maximum absolute atomic E-state index is 13.9. The van der Waals surface area contributed by atoms with Crippen molar-refractivity contribution in [3.8, 4) is 5.75 Å². The minimum absolute atomic E-state index is 0.0833. The topological polar surface area (TPSA) is 102 Å². The van der Waals surface area contributed by atoms with Crippen molar-refractivity contribution in [1.29, 1.82) is 0 Å². The second-order valence-corrected chi connectivity index (χ2v) is 13.3. The monoisotopic (exact) mass is 602 g/mol. The Morgan fingerprint density at radius 3 is 2.63 bits per heavy atom. The predicted octanol–water partition coefficient (Wildman–Crippen LogP) is 3.86. The summed E-state index contributed by atoms with van der Waals surface area (Å²) in [6, 6.07) is 11.9. The van der Waals surface area contributed by atoms with Crippen LogP contribution in [0.3, 0.4) is 0 Å². The molecule has 2 aromatic carbocycles. The molecule has 3 heterocycles. The summed E-state index contributed by atoms with van der Waals surface area (Å²) in [5, 5.41) is 0.605. The Bertz CT molecular complexity index is 1420. The number of likely N-dealkylation sites (N-methyl/N-ethyl adjacent to an activating group) is 1. The largest absolute Gasteiger partial charge is 0.494 e. The predicted molar refractivity (Wildman–Crippen MR) is 160 cm³/mol. The minimum Gasteiger partial charge on any atom is -0.494 e. The fourth-order valence-electron chi connectivity index (χ4n) is 5.10. The van der Waals surface area contributed by atoms with E-state index in [9.17, 15) is 13.2 Å². The van der Waals surface area contributed by atoms with E-state index in [1.54, 1.807) is 24.1 Å². The van der Waals surface area contributed by atoms with E-state index in [1.807, 2.05) is 25.1 Å². The Kier molecular flexibility index (Phi) is 9.89. The lowest BCUT2D eigenvalue weighted by atomic mass is 10.2. The van der Waals surface area contributed by atoms with E-state index in [-0.39, 0.29) is 16.9 Å². The Morgan fingerprint density at radius 2 is 1.93 bits per heavy atom. The third-order valence-corrected chi connectivity index (χ3v) is 10.3. The number of fused-ring (bicyclic) bond motifs is 1. The van der Waals surface area contributed by atoms with Gasteiger partial charge >= 0.3 is 0 Å². The van der Waals surface area contributed by atoms with E-state index in [0.717, 1.165) is 68.1 Å². The third kappa shape index (κ3) is 7.25. The molecule has 222 valence electrons. The lowest BCUT2D eigenvalue weighted by Crippen LogP contribution is -2.39. The number of ether oxygens (including phenoxy) is 3. The highest BCUT2D eigenvalue weighted by Gasteiger charge is 2.27. The van der Waals surface area contributed by atoms with Gasteiger partial charge in [-0.05, 0) is 68.7 Å². The Hall–Kier alpha value is -2.61. The van der Waals surface area contributed by atoms with Gasteiger partial charge in [-0.3, -0.25) is 14.6 Å². The summed E-state index contributed by atoms with van der Waals surface area (Å²) in [6.45, 7) is 8.03. The number of hydrogen-bond acceptors (Lipinski definition) is 9. The molecule has 2 fully saturated rings. The van der Waals surface area contributed by atoms with Crippen molar-refractivity contribution in [3.05, 3.63) is 48.0 Å². The number of carbonyl (C=O) groups excluding carboxylic acids is 1. The minimum atomic E-state index is -3.70. The average molecular weight is 603 g/mol. The molecule has 0 bridgehead atoms. The van der Waals surface area contributed by atoms with Crippen LogP contribution in [0.25, 0.3) is 10.2 Å². The highest BCUT2D eigenvalue weighted by atomic mass is 32.2. The summed E-state index contributed by atoms with van der Waals surface area (Å²) < 4.78 is 45.3. The van der Waals surface area contributed by atoms with Crippen molar-refractivity contribution in [2.24, 2.45) is 0 Å². The van der Waals surface area contributed by atoms with E-state index in [0.29, 0.717) is 37.0 Å². The van der Waals surface area contributed by atoms with Gasteiger partial charge in [0, 0.05) is 51.9 Å². The van der Waals surface area contributed by atoms with Crippen molar-refractivity contribution >= 4 is 42.6 Å². The maximum atomic E-state index is 13.9. The van der Waals surface area contributed by atoms with Gasteiger partial charge in [0.05, 0.1) is 41.0 Å². The average Bonchev–Trinajstić information content (AvgIpc) is 3.65. The number of nitrogens with zero attached hydrogens (tertiary/aromatic N) is 4. The molecular weight excluding hydrogens is 564 g/mol. The molecule has 0 spiro atoms. The summed E-state index contributed by atoms with van der Waals surface area (Å²) in [6.07, 6.45) is 2.49. The number of anilines is 1. The van der Waals surface area contributed by atoms with Gasteiger partial charge in [0.15, 0.2) is 5.13 Å². The quantitative estimate of drug-likeness (QED) is 0.308. The smallest absolute Gasteiger partial charge is 0.260 e. The first-order valence-corrected chi connectivity index (χ1v) is 16.4. The molecule has 1 unspecified atom stereocenters. The molecule has 12 heteroatoms. The van der Waals surface area contributed by atoms with Crippen LogP contribution in [0.5, 0.6) is 5.75 Å². The molecule has 1 amide bonds. The zero-order valence-corrected chi connectivity index (χ0v) is 25.3. The number of aromatic nitrogens is 1. The van der Waals surface area contributed by atoms with Gasteiger partial charge in [-0.2, -0.15) is 4.31 Å². The number of benzene rings is 2. The van der Waals surface area contributed by atoms with Crippen molar-refractivity contribution in [1.82, 2.24) is 14.2 Å². The summed E-state index contributed by atoms with van der Waals surface area (Å²) in [5.41, 5.74) is 1.21. The number of carbonyl (C=O) groups is 1. The Labute approximate surface area is 245 Å². The molecule has 2 saturated heterocycles. The fourth-order valence-corrected chi connectivity index (χ4v) is 7.33. The zero-order valence-electron chi connectivity index (χ0n) is 23.7. The second kappa shape index (κ2) is 13.6. The van der Waals surface area contributed by atoms with Crippen LogP contribution in [-0.2, 0) is 19.5 Å². The second-order valence-electron chi connectivity index (χ2n) is 10.3. The van der Waals surface area contributed by atoms with Crippen molar-refractivity contribution in [3.63, 3.8) is 0 Å². The van der Waals surface area contributed by atoms with Crippen LogP contribution in [0.4, 0.5) is 5.13 Å². The molecule has 0 aliphatic carbocycles. The molecule has 10 nitrogen and oxygen atoms in total. The molecule has 2 aliphatic rings. The van der Waals surface area contributed by atoms with Crippen molar-refractivity contribution in [2.45, 2.75) is 37.2 Å². The van der Waals surface area contributed by atoms with Gasteiger partial charge in [0.1, 0.15) is 5.75 Å². The van der Waals surface area contributed by atoms with Crippen LogP contribution >= 0.6 is 11.3 Å². The number of thiazole rings is 1. The number of morpholine rings is 1. The van der Waals surface area contributed by atoms with E-state index >= 15 is 0 Å². The lowest BCUT2D eigenvalue weighted by molar-refractivity contribution is 0.0376. The molecular formula is C29H38N4O6S2. The maximum Gasteiger partial charge on any atom is 0.260 e. The van der Waals surface area contributed by atoms with Crippen LogP contribution in [0.15, 0.2) is 47.4 Å². The molecule has 1 atom stereocenters. The number of sulfonamides is 1. The van der Waals surface area contributed by atoms with E-state index in [4.69, 9.17) is 19.2 Å². The summed E-state index contributed by atoms with van der Waals surface area (Å²) in [4.78, 5) is 22.8. The number of hydrogen-bond donors (Lipinski definition) is 0. The number of amides is 1.